The van der Waals surface area contributed by atoms with Crippen molar-refractivity contribution in [3.05, 3.63) is 81.8 Å². The number of benzene rings is 1. The SMILES string of the molecule is Cn1nc(-c2cnc(C3CC3)c(-c3ccc(C(=O)Cc4c(F)cccc4F)o3)c2)oc1=O. The molecule has 0 radical (unpaired) electrons. The van der Waals surface area contributed by atoms with Crippen molar-refractivity contribution in [3.63, 3.8) is 0 Å². The number of ketones is 1. The first kappa shape index (κ1) is 20.0. The first-order chi connectivity index (χ1) is 15.4. The number of aryl methyl sites for hydroxylation is 1. The topological polar surface area (TPSA) is 91.1 Å². The number of halogens is 2. The molecule has 0 atom stereocenters. The van der Waals surface area contributed by atoms with Gasteiger partial charge in [-0.15, -0.1) is 5.10 Å². The molecule has 1 aromatic carbocycles. The van der Waals surface area contributed by atoms with Crippen molar-refractivity contribution >= 4 is 5.78 Å². The standard InChI is InChI=1S/C23H17F2N3O4/c1-28-23(30)32-22(27-28)13-9-15(21(26-11-13)12-5-6-12)19-7-8-20(31-19)18(29)10-14-16(24)3-2-4-17(14)25/h2-4,7-9,11-12H,5-6,10H2,1H3. The van der Waals surface area contributed by atoms with E-state index in [2.05, 4.69) is 10.1 Å². The predicted octanol–water partition coefficient (Wildman–Crippen LogP) is 4.28. The first-order valence-corrected chi connectivity index (χ1v) is 10.0. The molecule has 1 aliphatic carbocycles. The minimum absolute atomic E-state index is 0.0147. The summed E-state index contributed by atoms with van der Waals surface area (Å²) in [6.45, 7) is 0. The molecule has 0 unspecified atom stereocenters. The van der Waals surface area contributed by atoms with E-state index in [4.69, 9.17) is 8.83 Å². The molecule has 162 valence electrons. The molecule has 0 aliphatic heterocycles. The Hall–Kier alpha value is -3.88. The highest BCUT2D eigenvalue weighted by atomic mass is 19.1. The fourth-order valence-electron chi connectivity index (χ4n) is 3.52. The van der Waals surface area contributed by atoms with Gasteiger partial charge in [-0.25, -0.2) is 13.6 Å². The summed E-state index contributed by atoms with van der Waals surface area (Å²) in [5.41, 5.74) is 1.64. The normalized spacial score (nSPS) is 13.5. The van der Waals surface area contributed by atoms with Crippen LogP contribution in [-0.2, 0) is 13.5 Å². The largest absolute Gasteiger partial charge is 0.453 e. The molecule has 0 spiro atoms. The van der Waals surface area contributed by atoms with Crippen LogP contribution in [0.25, 0.3) is 22.8 Å². The molecule has 3 aromatic heterocycles. The van der Waals surface area contributed by atoms with Crippen LogP contribution in [0.3, 0.4) is 0 Å². The Morgan fingerprint density at radius 3 is 2.56 bits per heavy atom. The molecule has 1 aliphatic rings. The second-order valence-corrected chi connectivity index (χ2v) is 7.69. The summed E-state index contributed by atoms with van der Waals surface area (Å²) in [7, 11) is 1.48. The minimum atomic E-state index is -0.782. The number of furan rings is 1. The van der Waals surface area contributed by atoms with Crippen LogP contribution in [0.5, 0.6) is 0 Å². The lowest BCUT2D eigenvalue weighted by molar-refractivity contribution is 0.0964. The van der Waals surface area contributed by atoms with Gasteiger partial charge >= 0.3 is 5.76 Å². The Kier molecular flexibility index (Phi) is 4.80. The zero-order valence-electron chi connectivity index (χ0n) is 17.0. The van der Waals surface area contributed by atoms with Gasteiger partial charge in [-0.3, -0.25) is 9.78 Å². The summed E-state index contributed by atoms with van der Waals surface area (Å²) in [4.78, 5) is 28.8. The molecule has 4 aromatic rings. The molecular weight excluding hydrogens is 420 g/mol. The number of carbonyl (C=O) groups excluding carboxylic acids is 1. The second-order valence-electron chi connectivity index (χ2n) is 7.69. The zero-order chi connectivity index (χ0) is 22.4. The van der Waals surface area contributed by atoms with E-state index in [-0.39, 0.29) is 23.1 Å². The molecule has 0 N–H and O–H groups in total. The van der Waals surface area contributed by atoms with E-state index in [1.807, 2.05) is 0 Å². The number of pyridine rings is 1. The van der Waals surface area contributed by atoms with Gasteiger partial charge in [-0.2, -0.15) is 4.68 Å². The summed E-state index contributed by atoms with van der Waals surface area (Å²) in [6, 6.07) is 8.29. The van der Waals surface area contributed by atoms with Gasteiger partial charge in [0.15, 0.2) is 5.76 Å². The van der Waals surface area contributed by atoms with E-state index in [9.17, 15) is 18.4 Å². The van der Waals surface area contributed by atoms with Crippen LogP contribution in [0.4, 0.5) is 8.78 Å². The maximum absolute atomic E-state index is 13.9. The highest BCUT2D eigenvalue weighted by molar-refractivity contribution is 5.95. The summed E-state index contributed by atoms with van der Waals surface area (Å²) < 4.78 is 39.8. The monoisotopic (exact) mass is 437 g/mol. The molecule has 5 rings (SSSR count). The Morgan fingerprint density at radius 1 is 1.16 bits per heavy atom. The third-order valence-corrected chi connectivity index (χ3v) is 5.36. The maximum atomic E-state index is 13.9. The van der Waals surface area contributed by atoms with Crippen molar-refractivity contribution in [2.75, 3.05) is 0 Å². The molecule has 0 saturated heterocycles. The third-order valence-electron chi connectivity index (χ3n) is 5.36. The Balaban J connectivity index is 1.49. The number of hydrogen-bond donors (Lipinski definition) is 0. The van der Waals surface area contributed by atoms with E-state index < -0.39 is 29.6 Å². The van der Waals surface area contributed by atoms with Gasteiger partial charge in [-0.1, -0.05) is 6.07 Å². The molecule has 0 amide bonds. The fraction of sp³-hybridized carbons (Fsp3) is 0.217. The lowest BCUT2D eigenvalue weighted by Gasteiger charge is -2.07. The summed E-state index contributed by atoms with van der Waals surface area (Å²) >= 11 is 0. The number of carbonyl (C=O) groups is 1. The van der Waals surface area contributed by atoms with Crippen molar-refractivity contribution in [3.8, 4) is 22.8 Å². The van der Waals surface area contributed by atoms with Gasteiger partial charge in [0.05, 0.1) is 11.3 Å². The van der Waals surface area contributed by atoms with Crippen molar-refractivity contribution in [2.24, 2.45) is 7.05 Å². The fourth-order valence-corrected chi connectivity index (χ4v) is 3.52. The maximum Gasteiger partial charge on any atom is 0.437 e. The summed E-state index contributed by atoms with van der Waals surface area (Å²) in [5.74, 6) is -1.95. The van der Waals surface area contributed by atoms with E-state index in [0.717, 1.165) is 35.4 Å². The van der Waals surface area contributed by atoms with E-state index in [0.29, 0.717) is 16.9 Å². The number of rotatable bonds is 6. The zero-order valence-corrected chi connectivity index (χ0v) is 17.0. The van der Waals surface area contributed by atoms with Gasteiger partial charge in [0.25, 0.3) is 5.89 Å². The van der Waals surface area contributed by atoms with Gasteiger partial charge in [0, 0.05) is 36.7 Å². The van der Waals surface area contributed by atoms with Gasteiger partial charge < -0.3 is 8.83 Å². The molecule has 7 nitrogen and oxygen atoms in total. The van der Waals surface area contributed by atoms with Crippen molar-refractivity contribution in [1.29, 1.82) is 0 Å². The van der Waals surface area contributed by atoms with Crippen molar-refractivity contribution < 1.29 is 22.4 Å². The Labute approximate surface area is 180 Å². The molecule has 3 heterocycles. The molecule has 0 bridgehead atoms. The van der Waals surface area contributed by atoms with Crippen LogP contribution in [0.1, 0.15) is 40.6 Å². The molecule has 9 heteroatoms. The predicted molar refractivity (Wildman–Crippen MR) is 109 cm³/mol. The first-order valence-electron chi connectivity index (χ1n) is 10.0. The summed E-state index contributed by atoms with van der Waals surface area (Å²) in [5, 5.41) is 4.04. The van der Waals surface area contributed by atoms with E-state index in [1.165, 1.54) is 19.2 Å². The van der Waals surface area contributed by atoms with Crippen molar-refractivity contribution in [1.82, 2.24) is 14.8 Å². The lowest BCUT2D eigenvalue weighted by Crippen LogP contribution is -2.09. The Morgan fingerprint density at radius 2 is 1.91 bits per heavy atom. The number of Topliss-reactive ketones (excluding diaryl/α,β-unsaturated/α-hetero) is 1. The number of nitrogens with zero attached hydrogens (tertiary/aromatic N) is 3. The summed E-state index contributed by atoms with van der Waals surface area (Å²) in [6.07, 6.45) is 3.09. The average molecular weight is 437 g/mol. The molecular formula is C23H17F2N3O4. The van der Waals surface area contributed by atoms with Crippen molar-refractivity contribution in [2.45, 2.75) is 25.2 Å². The van der Waals surface area contributed by atoms with Crippen LogP contribution in [0.15, 0.2) is 56.2 Å². The molecule has 1 saturated carbocycles. The van der Waals surface area contributed by atoms with Crippen LogP contribution in [0, 0.1) is 11.6 Å². The van der Waals surface area contributed by atoms with Crippen LogP contribution < -0.4 is 5.76 Å². The second kappa shape index (κ2) is 7.67. The highest BCUT2D eigenvalue weighted by Crippen LogP contribution is 2.44. The van der Waals surface area contributed by atoms with Crippen LogP contribution >= 0.6 is 0 Å². The quantitative estimate of drug-likeness (QED) is 0.418. The Bertz CT molecular complexity index is 1380. The van der Waals surface area contributed by atoms with Gasteiger partial charge in [0.2, 0.25) is 5.78 Å². The third kappa shape index (κ3) is 3.66. The number of hydrogen-bond acceptors (Lipinski definition) is 6. The highest BCUT2D eigenvalue weighted by Gasteiger charge is 2.30. The van der Waals surface area contributed by atoms with Crippen LogP contribution in [-0.4, -0.2) is 20.5 Å². The van der Waals surface area contributed by atoms with Crippen LogP contribution in [0.2, 0.25) is 0 Å². The average Bonchev–Trinajstić information content (AvgIpc) is 3.40. The molecule has 32 heavy (non-hydrogen) atoms. The molecule has 1 fully saturated rings. The number of aromatic nitrogens is 3. The van der Waals surface area contributed by atoms with Gasteiger partial charge in [-0.05, 0) is 43.2 Å². The van der Waals surface area contributed by atoms with E-state index >= 15 is 0 Å². The van der Waals surface area contributed by atoms with E-state index in [1.54, 1.807) is 18.3 Å². The van der Waals surface area contributed by atoms with Gasteiger partial charge in [0.1, 0.15) is 17.4 Å². The smallest absolute Gasteiger partial charge is 0.437 e. The lowest BCUT2D eigenvalue weighted by atomic mass is 10.1. The minimum Gasteiger partial charge on any atom is -0.453 e.